The largest absolute Gasteiger partial charge is 0.452 e. The molecule has 27 heavy (non-hydrogen) atoms. The second-order valence-electron chi connectivity index (χ2n) is 12.0. The maximum absolute atomic E-state index is 2.59. The third kappa shape index (κ3) is 8.51. The molecule has 0 aromatic heterocycles. The van der Waals surface area contributed by atoms with Crippen LogP contribution in [0.5, 0.6) is 0 Å². The van der Waals surface area contributed by atoms with Crippen molar-refractivity contribution in [3.8, 4) is 0 Å². The van der Waals surface area contributed by atoms with Crippen LogP contribution in [0.1, 0.15) is 113 Å². The molecular weight excluding hydrogens is 325 g/mol. The van der Waals surface area contributed by atoms with E-state index < -0.39 is 0 Å². The van der Waals surface area contributed by atoms with Crippen LogP contribution in [0.4, 0.5) is 0 Å². The molecule has 1 aliphatic carbocycles. The summed E-state index contributed by atoms with van der Waals surface area (Å²) in [4.78, 5) is 0. The van der Waals surface area contributed by atoms with Crippen molar-refractivity contribution in [2.24, 2.45) is 23.2 Å². The molecule has 0 aromatic rings. The van der Waals surface area contributed by atoms with E-state index in [9.17, 15) is 0 Å². The van der Waals surface area contributed by atoms with E-state index in [1.165, 1.54) is 57.8 Å². The zero-order valence-corrected chi connectivity index (χ0v) is 20.7. The lowest BCUT2D eigenvalue weighted by Crippen LogP contribution is -2.55. The monoisotopic (exact) mass is 377 g/mol. The Morgan fingerprint density at radius 3 is 2.00 bits per heavy atom. The van der Waals surface area contributed by atoms with Crippen LogP contribution in [0.2, 0.25) is 5.31 Å². The fourth-order valence-electron chi connectivity index (χ4n) is 5.31. The van der Waals surface area contributed by atoms with Crippen molar-refractivity contribution in [2.45, 2.75) is 125 Å². The van der Waals surface area contributed by atoms with Gasteiger partial charge in [0.1, 0.15) is 0 Å². The quantitative estimate of drug-likeness (QED) is 0.270. The molecule has 1 nitrogen and oxygen atoms in total. The van der Waals surface area contributed by atoms with Gasteiger partial charge in [-0.2, -0.15) is 0 Å². The molecule has 0 N–H and O–H groups in total. The van der Waals surface area contributed by atoms with E-state index in [0.29, 0.717) is 16.8 Å². The van der Waals surface area contributed by atoms with E-state index >= 15 is 0 Å². The van der Waals surface area contributed by atoms with Gasteiger partial charge in [0.2, 0.25) is 0 Å². The maximum Gasteiger partial charge on any atom is 0.452 e. The molecule has 1 radical (unpaired) electrons. The molecule has 0 spiro atoms. The standard InChI is InChI=1S/C25H52BN/c1-11-24(5,6)19-23-15-13-14-22(16-17-23)18-20(3)21(4)27(9,10)26-25(7,8)12-2/h20-23H,11-19H2,1-10H3/q+1. The molecule has 1 rings (SSSR count). The fraction of sp³-hybridized carbons (Fsp3) is 1.00. The highest BCUT2D eigenvalue weighted by Crippen LogP contribution is 2.39. The second-order valence-corrected chi connectivity index (χ2v) is 12.0. The van der Waals surface area contributed by atoms with Crippen molar-refractivity contribution in [2.75, 3.05) is 14.1 Å². The van der Waals surface area contributed by atoms with Crippen molar-refractivity contribution in [1.82, 2.24) is 0 Å². The Bertz CT molecular complexity index is 426. The number of quaternary nitrogens is 1. The third-order valence-electron chi connectivity index (χ3n) is 8.18. The molecular formula is C25H52BN+. The highest BCUT2D eigenvalue weighted by Gasteiger charge is 2.39. The van der Waals surface area contributed by atoms with Gasteiger partial charge in [-0.15, -0.1) is 0 Å². The first kappa shape index (κ1) is 25.1. The average molecular weight is 378 g/mol. The molecule has 0 heterocycles. The van der Waals surface area contributed by atoms with Gasteiger partial charge in [0.15, 0.2) is 0 Å². The first-order valence-electron chi connectivity index (χ1n) is 12.0. The molecule has 4 atom stereocenters. The Balaban J connectivity index is 2.57. The van der Waals surface area contributed by atoms with Crippen LogP contribution < -0.4 is 0 Å². The zero-order chi connectivity index (χ0) is 20.9. The molecule has 1 saturated carbocycles. The average Bonchev–Trinajstić information content (AvgIpc) is 2.78. The minimum absolute atomic E-state index is 0.319. The summed E-state index contributed by atoms with van der Waals surface area (Å²) in [6.45, 7) is 19.4. The third-order valence-corrected chi connectivity index (χ3v) is 8.18. The maximum atomic E-state index is 2.59. The van der Waals surface area contributed by atoms with Crippen molar-refractivity contribution >= 4 is 7.41 Å². The molecule has 0 aromatic carbocycles. The molecule has 0 bridgehead atoms. The summed E-state index contributed by atoms with van der Waals surface area (Å²) in [7, 11) is 7.41. The van der Waals surface area contributed by atoms with Crippen LogP contribution in [0.15, 0.2) is 0 Å². The number of rotatable bonds is 10. The van der Waals surface area contributed by atoms with Crippen molar-refractivity contribution in [3.05, 3.63) is 0 Å². The van der Waals surface area contributed by atoms with Crippen LogP contribution in [0, 0.1) is 23.2 Å². The van der Waals surface area contributed by atoms with E-state index in [2.05, 4.69) is 76.9 Å². The smallest absolute Gasteiger partial charge is 0.397 e. The highest BCUT2D eigenvalue weighted by atomic mass is 15.3. The number of hydrogen-bond acceptors (Lipinski definition) is 0. The predicted octanol–water partition coefficient (Wildman–Crippen LogP) is 7.73. The Morgan fingerprint density at radius 2 is 1.44 bits per heavy atom. The van der Waals surface area contributed by atoms with Crippen molar-refractivity contribution in [3.63, 3.8) is 0 Å². The summed E-state index contributed by atoms with van der Waals surface area (Å²) >= 11 is 0. The van der Waals surface area contributed by atoms with Gasteiger partial charge in [0.05, 0.1) is 6.04 Å². The van der Waals surface area contributed by atoms with E-state index in [1.54, 1.807) is 0 Å². The van der Waals surface area contributed by atoms with E-state index in [1.807, 2.05) is 0 Å². The van der Waals surface area contributed by atoms with Crippen LogP contribution in [-0.2, 0) is 0 Å². The van der Waals surface area contributed by atoms with E-state index in [-0.39, 0.29) is 0 Å². The molecule has 0 saturated heterocycles. The molecule has 159 valence electrons. The molecule has 1 aliphatic rings. The van der Waals surface area contributed by atoms with Gasteiger partial charge in [-0.1, -0.05) is 93.4 Å². The van der Waals surface area contributed by atoms with Crippen LogP contribution in [-0.4, -0.2) is 31.9 Å². The van der Waals surface area contributed by atoms with Gasteiger partial charge in [0, 0.05) is 25.3 Å². The summed E-state index contributed by atoms with van der Waals surface area (Å²) in [5.74, 6) is 2.72. The van der Waals surface area contributed by atoms with Gasteiger partial charge >= 0.3 is 7.41 Å². The van der Waals surface area contributed by atoms with Gasteiger partial charge in [-0.25, -0.2) is 0 Å². The topological polar surface area (TPSA) is 0 Å². The van der Waals surface area contributed by atoms with Gasteiger partial charge in [0.25, 0.3) is 0 Å². The minimum atomic E-state index is 0.319. The zero-order valence-electron chi connectivity index (χ0n) is 20.7. The number of nitrogens with zero attached hydrogens (tertiary/aromatic N) is 1. The van der Waals surface area contributed by atoms with Gasteiger partial charge < -0.3 is 4.39 Å². The Morgan fingerprint density at radius 1 is 0.889 bits per heavy atom. The van der Waals surface area contributed by atoms with Crippen LogP contribution in [0.3, 0.4) is 0 Å². The molecule has 4 unspecified atom stereocenters. The summed E-state index contributed by atoms with van der Waals surface area (Å²) in [5, 5.41) is 0.319. The summed E-state index contributed by atoms with van der Waals surface area (Å²) in [6, 6.07) is 0.689. The van der Waals surface area contributed by atoms with Gasteiger partial charge in [-0.3, -0.25) is 0 Å². The Kier molecular flexibility index (Phi) is 9.44. The lowest BCUT2D eigenvalue weighted by molar-refractivity contribution is -0.812. The molecule has 0 aliphatic heterocycles. The van der Waals surface area contributed by atoms with E-state index in [4.69, 9.17) is 0 Å². The lowest BCUT2D eigenvalue weighted by atomic mass is 9.57. The fourth-order valence-corrected chi connectivity index (χ4v) is 5.31. The Labute approximate surface area is 173 Å². The number of hydrogen-bond donors (Lipinski definition) is 0. The van der Waals surface area contributed by atoms with Crippen LogP contribution in [0.25, 0.3) is 0 Å². The van der Waals surface area contributed by atoms with Crippen LogP contribution >= 0.6 is 0 Å². The first-order valence-corrected chi connectivity index (χ1v) is 12.0. The normalized spacial score (nSPS) is 25.0. The highest BCUT2D eigenvalue weighted by molar-refractivity contribution is 6.31. The lowest BCUT2D eigenvalue weighted by Gasteiger charge is -2.43. The molecule has 2 heteroatoms. The van der Waals surface area contributed by atoms with Crippen molar-refractivity contribution < 1.29 is 4.39 Å². The molecule has 0 amide bonds. The predicted molar refractivity (Wildman–Crippen MR) is 124 cm³/mol. The van der Waals surface area contributed by atoms with E-state index in [0.717, 1.165) is 22.1 Å². The van der Waals surface area contributed by atoms with Crippen molar-refractivity contribution in [1.29, 1.82) is 0 Å². The summed E-state index contributed by atoms with van der Waals surface area (Å²) in [5.41, 5.74) is 0.537. The molecule has 1 fully saturated rings. The Hall–Kier alpha value is 0.0249. The second kappa shape index (κ2) is 10.2. The minimum Gasteiger partial charge on any atom is -0.397 e. The first-order chi connectivity index (χ1) is 12.3. The summed E-state index contributed by atoms with van der Waals surface area (Å²) in [6.07, 6.45) is 12.7. The summed E-state index contributed by atoms with van der Waals surface area (Å²) < 4.78 is 1.04. The van der Waals surface area contributed by atoms with Gasteiger partial charge in [-0.05, 0) is 37.0 Å². The SMILES string of the molecule is CCC(C)(C)[B][N+](C)(C)C(C)C(C)CC1CCCC(CC(C)(C)CC)CC1.